The topological polar surface area (TPSA) is 58.6 Å². The second-order valence-electron chi connectivity index (χ2n) is 6.10. The van der Waals surface area contributed by atoms with Crippen molar-refractivity contribution in [1.82, 2.24) is 5.32 Å². The van der Waals surface area contributed by atoms with Crippen LogP contribution in [0.3, 0.4) is 0 Å². The number of nitrogens with one attached hydrogen (secondary N) is 1. The molecule has 0 saturated heterocycles. The second-order valence-corrected chi connectivity index (χ2v) is 6.10. The molecule has 4 nitrogen and oxygen atoms in total. The molecule has 0 aliphatic heterocycles. The molecule has 2 N–H and O–H groups in total. The summed E-state index contributed by atoms with van der Waals surface area (Å²) in [5, 5.41) is 12.1. The summed E-state index contributed by atoms with van der Waals surface area (Å²) in [6.45, 7) is 5.93. The summed E-state index contributed by atoms with van der Waals surface area (Å²) in [6.07, 6.45) is 6.78. The molecule has 4 atom stereocenters. The fourth-order valence-electron chi connectivity index (χ4n) is 2.98. The van der Waals surface area contributed by atoms with Crippen molar-refractivity contribution in [3.63, 3.8) is 0 Å². The summed E-state index contributed by atoms with van der Waals surface area (Å²) in [5.74, 6) is -0.0402. The van der Waals surface area contributed by atoms with E-state index in [1.807, 2.05) is 6.92 Å². The molecule has 4 heteroatoms. The first-order valence-electron chi connectivity index (χ1n) is 7.49. The van der Waals surface area contributed by atoms with Crippen LogP contribution in [0.4, 0.5) is 0 Å². The van der Waals surface area contributed by atoms with E-state index in [0.717, 1.165) is 18.8 Å². The van der Waals surface area contributed by atoms with E-state index >= 15 is 0 Å². The minimum absolute atomic E-state index is 0.0332. The van der Waals surface area contributed by atoms with E-state index < -0.39 is 11.5 Å². The van der Waals surface area contributed by atoms with Crippen molar-refractivity contribution in [2.75, 3.05) is 7.05 Å². The lowest BCUT2D eigenvalue weighted by Crippen LogP contribution is -2.50. The van der Waals surface area contributed by atoms with Crippen LogP contribution in [0, 0.1) is 5.92 Å². The summed E-state index contributed by atoms with van der Waals surface area (Å²) in [5.41, 5.74) is -0.905. The smallest absolute Gasteiger partial charge is 0.323 e. The lowest BCUT2D eigenvalue weighted by molar-refractivity contribution is -0.146. The lowest BCUT2D eigenvalue weighted by atomic mass is 9.85. The van der Waals surface area contributed by atoms with Gasteiger partial charge in [0.05, 0.1) is 12.2 Å². The Hall–Kier alpha value is -0.610. The van der Waals surface area contributed by atoms with Gasteiger partial charge in [-0.1, -0.05) is 26.2 Å². The molecule has 0 aromatic rings. The predicted octanol–water partition coefficient (Wildman–Crippen LogP) is 2.81. The van der Waals surface area contributed by atoms with Crippen LogP contribution in [-0.4, -0.2) is 35.9 Å². The summed E-state index contributed by atoms with van der Waals surface area (Å²) >= 11 is 0. The first-order valence-corrected chi connectivity index (χ1v) is 7.49. The number of aliphatic carboxylic acids is 1. The first kappa shape index (κ1) is 16.4. The summed E-state index contributed by atoms with van der Waals surface area (Å²) in [6, 6.07) is 0. The van der Waals surface area contributed by atoms with Crippen molar-refractivity contribution in [3.05, 3.63) is 0 Å². The quantitative estimate of drug-likeness (QED) is 0.747. The van der Waals surface area contributed by atoms with Gasteiger partial charge in [0, 0.05) is 6.42 Å². The number of carbonyl (C=O) groups is 1. The van der Waals surface area contributed by atoms with Crippen LogP contribution < -0.4 is 5.32 Å². The first-order chi connectivity index (χ1) is 8.91. The Balaban J connectivity index is 2.46. The molecule has 0 radical (unpaired) electrons. The van der Waals surface area contributed by atoms with Crippen LogP contribution in [-0.2, 0) is 9.53 Å². The zero-order valence-electron chi connectivity index (χ0n) is 12.7. The average Bonchev–Trinajstić information content (AvgIpc) is 2.38. The lowest BCUT2D eigenvalue weighted by Gasteiger charge is -2.33. The van der Waals surface area contributed by atoms with Gasteiger partial charge in [0.2, 0.25) is 0 Å². The standard InChI is InChI=1S/C15H29NO3/c1-5-12-7-6-8-13(9-12)19-11(2)10-15(3,16-4)14(17)18/h11-13,16H,5-10H2,1-4H3,(H,17,18). The van der Waals surface area contributed by atoms with Crippen LogP contribution in [0.25, 0.3) is 0 Å². The molecule has 0 bridgehead atoms. The maximum atomic E-state index is 11.3. The molecule has 112 valence electrons. The molecule has 0 aromatic carbocycles. The van der Waals surface area contributed by atoms with Crippen molar-refractivity contribution < 1.29 is 14.6 Å². The van der Waals surface area contributed by atoms with Gasteiger partial charge in [-0.3, -0.25) is 4.79 Å². The van der Waals surface area contributed by atoms with Gasteiger partial charge < -0.3 is 15.2 Å². The monoisotopic (exact) mass is 271 g/mol. The zero-order valence-corrected chi connectivity index (χ0v) is 12.7. The van der Waals surface area contributed by atoms with Crippen LogP contribution in [0.5, 0.6) is 0 Å². The third kappa shape index (κ3) is 4.77. The fourth-order valence-corrected chi connectivity index (χ4v) is 2.98. The van der Waals surface area contributed by atoms with Gasteiger partial charge >= 0.3 is 5.97 Å². The summed E-state index contributed by atoms with van der Waals surface area (Å²) in [7, 11) is 1.69. The number of hydrogen-bond donors (Lipinski definition) is 2. The van der Waals surface area contributed by atoms with Crippen molar-refractivity contribution in [2.45, 2.75) is 77.0 Å². The van der Waals surface area contributed by atoms with Crippen molar-refractivity contribution in [1.29, 1.82) is 0 Å². The molecule has 0 spiro atoms. The van der Waals surface area contributed by atoms with Crippen LogP contribution >= 0.6 is 0 Å². The number of ether oxygens (including phenoxy) is 1. The largest absolute Gasteiger partial charge is 0.480 e. The Morgan fingerprint density at radius 2 is 2.21 bits per heavy atom. The molecule has 1 aliphatic rings. The molecule has 19 heavy (non-hydrogen) atoms. The molecule has 0 amide bonds. The van der Waals surface area contributed by atoms with Gasteiger partial charge in [-0.15, -0.1) is 0 Å². The van der Waals surface area contributed by atoms with Crippen molar-refractivity contribution >= 4 is 5.97 Å². The van der Waals surface area contributed by atoms with Gasteiger partial charge in [0.15, 0.2) is 0 Å². The van der Waals surface area contributed by atoms with E-state index in [9.17, 15) is 9.90 Å². The van der Waals surface area contributed by atoms with Gasteiger partial charge in [-0.05, 0) is 39.7 Å². The van der Waals surface area contributed by atoms with E-state index in [4.69, 9.17) is 4.74 Å². The van der Waals surface area contributed by atoms with Gasteiger partial charge in [0.25, 0.3) is 0 Å². The Labute approximate surface area is 116 Å². The number of hydrogen-bond acceptors (Lipinski definition) is 3. The Kier molecular flexibility index (Phi) is 6.27. The molecule has 1 fully saturated rings. The Morgan fingerprint density at radius 3 is 2.74 bits per heavy atom. The molecule has 1 saturated carbocycles. The molecule has 0 heterocycles. The number of likely N-dealkylation sites (N-methyl/N-ethyl adjacent to an activating group) is 1. The van der Waals surface area contributed by atoms with E-state index in [-0.39, 0.29) is 6.10 Å². The number of carboxylic acids is 1. The van der Waals surface area contributed by atoms with Gasteiger partial charge in [-0.25, -0.2) is 0 Å². The van der Waals surface area contributed by atoms with Crippen LogP contribution in [0.2, 0.25) is 0 Å². The highest BCUT2D eigenvalue weighted by molar-refractivity contribution is 5.78. The highest BCUT2D eigenvalue weighted by Crippen LogP contribution is 2.30. The second kappa shape index (κ2) is 7.25. The molecular weight excluding hydrogens is 242 g/mol. The SMILES string of the molecule is CCC1CCCC(OC(C)CC(C)(NC)C(=O)O)C1. The molecule has 1 aliphatic carbocycles. The fraction of sp³-hybridized carbons (Fsp3) is 0.933. The minimum Gasteiger partial charge on any atom is -0.480 e. The maximum Gasteiger partial charge on any atom is 0.323 e. The van der Waals surface area contributed by atoms with E-state index in [1.165, 1.54) is 19.3 Å². The van der Waals surface area contributed by atoms with Crippen LogP contribution in [0.1, 0.15) is 59.3 Å². The Bertz CT molecular complexity index is 295. The molecule has 1 rings (SSSR count). The predicted molar refractivity (Wildman–Crippen MR) is 76.3 cm³/mol. The van der Waals surface area contributed by atoms with Crippen molar-refractivity contribution in [3.8, 4) is 0 Å². The van der Waals surface area contributed by atoms with E-state index in [0.29, 0.717) is 12.5 Å². The third-order valence-corrected chi connectivity index (χ3v) is 4.46. The van der Waals surface area contributed by atoms with Gasteiger partial charge in [0.1, 0.15) is 5.54 Å². The normalized spacial score (nSPS) is 28.6. The molecular formula is C15H29NO3. The van der Waals surface area contributed by atoms with E-state index in [1.54, 1.807) is 14.0 Å². The Morgan fingerprint density at radius 1 is 1.53 bits per heavy atom. The van der Waals surface area contributed by atoms with Gasteiger partial charge in [-0.2, -0.15) is 0 Å². The number of carboxylic acid groups (broad SMARTS) is 1. The highest BCUT2D eigenvalue weighted by atomic mass is 16.5. The van der Waals surface area contributed by atoms with E-state index in [2.05, 4.69) is 12.2 Å². The number of rotatable bonds is 7. The maximum absolute atomic E-state index is 11.3. The third-order valence-electron chi connectivity index (χ3n) is 4.46. The minimum atomic E-state index is -0.905. The zero-order chi connectivity index (χ0) is 14.5. The molecule has 4 unspecified atom stereocenters. The highest BCUT2D eigenvalue weighted by Gasteiger charge is 2.34. The summed E-state index contributed by atoms with van der Waals surface area (Å²) in [4.78, 5) is 11.3. The van der Waals surface area contributed by atoms with Crippen molar-refractivity contribution in [2.24, 2.45) is 5.92 Å². The van der Waals surface area contributed by atoms with Crippen LogP contribution in [0.15, 0.2) is 0 Å². The average molecular weight is 271 g/mol. The molecule has 0 aromatic heterocycles. The summed E-state index contributed by atoms with van der Waals surface area (Å²) < 4.78 is 6.07.